The Hall–Kier alpha value is -2.97. The van der Waals surface area contributed by atoms with Crippen LogP contribution in [0.3, 0.4) is 0 Å². The minimum atomic E-state index is -3.53. The molecule has 0 aliphatic rings. The number of halogens is 2. The maximum Gasteiger partial charge on any atom is 0.268 e. The van der Waals surface area contributed by atoms with Crippen LogP contribution in [0.1, 0.15) is 11.1 Å². The second-order valence-electron chi connectivity index (χ2n) is 6.36. The first-order valence-corrected chi connectivity index (χ1v) is 12.3. The van der Waals surface area contributed by atoms with Crippen LogP contribution in [-0.2, 0) is 21.2 Å². The zero-order valence-corrected chi connectivity index (χ0v) is 19.5. The van der Waals surface area contributed by atoms with Gasteiger partial charge in [-0.2, -0.15) is 5.26 Å². The molecule has 0 unspecified atom stereocenters. The van der Waals surface area contributed by atoms with Crippen molar-refractivity contribution in [3.05, 3.63) is 69.2 Å². The summed E-state index contributed by atoms with van der Waals surface area (Å²) < 4.78 is 28.4. The van der Waals surface area contributed by atoms with Crippen molar-refractivity contribution in [3.8, 4) is 11.8 Å². The Morgan fingerprint density at radius 2 is 1.94 bits per heavy atom. The molecule has 1 aromatic heterocycles. The lowest BCUT2D eigenvalue weighted by molar-refractivity contribution is -0.112. The lowest BCUT2D eigenvalue weighted by Gasteiger charge is -2.08. The molecule has 1 amide bonds. The van der Waals surface area contributed by atoms with Gasteiger partial charge in [0.05, 0.1) is 0 Å². The molecule has 1 heterocycles. The number of amides is 1. The first-order chi connectivity index (χ1) is 15.2. The van der Waals surface area contributed by atoms with Gasteiger partial charge in [-0.1, -0.05) is 52.7 Å². The van der Waals surface area contributed by atoms with E-state index in [2.05, 4.69) is 15.5 Å². The maximum atomic E-state index is 12.3. The number of nitrogens with zero attached hydrogens (tertiary/aromatic N) is 3. The highest BCUT2D eigenvalue weighted by Gasteiger charge is 2.17. The second-order valence-corrected chi connectivity index (χ2v) is 10.4. The molecule has 1 N–H and O–H groups in total. The van der Waals surface area contributed by atoms with Crippen LogP contribution >= 0.6 is 34.5 Å². The molecule has 2 aromatic carbocycles. The minimum absolute atomic E-state index is 0.0267. The van der Waals surface area contributed by atoms with Crippen LogP contribution in [0, 0.1) is 11.3 Å². The molecule has 8 nitrogen and oxygen atoms in total. The van der Waals surface area contributed by atoms with Crippen LogP contribution in [0.2, 0.25) is 10.0 Å². The highest BCUT2D eigenvalue weighted by atomic mass is 35.5. The number of ether oxygens (including phenoxy) is 1. The molecule has 3 rings (SSSR count). The molecule has 12 heteroatoms. The molecule has 0 bridgehead atoms. The summed E-state index contributed by atoms with van der Waals surface area (Å²) in [4.78, 5) is 12.3. The van der Waals surface area contributed by atoms with E-state index in [1.165, 1.54) is 6.08 Å². The Morgan fingerprint density at radius 1 is 1.22 bits per heavy atom. The summed E-state index contributed by atoms with van der Waals surface area (Å²) in [5.74, 6) is -0.167. The van der Waals surface area contributed by atoms with Gasteiger partial charge in [0.15, 0.2) is 0 Å². The van der Waals surface area contributed by atoms with Gasteiger partial charge in [0.25, 0.3) is 5.91 Å². The molecule has 3 aromatic rings. The predicted molar refractivity (Wildman–Crippen MR) is 122 cm³/mol. The van der Waals surface area contributed by atoms with E-state index < -0.39 is 15.7 Å². The molecule has 0 atom stereocenters. The van der Waals surface area contributed by atoms with Gasteiger partial charge in [0.1, 0.15) is 24.0 Å². The Balaban J connectivity index is 1.66. The van der Waals surface area contributed by atoms with Gasteiger partial charge in [0, 0.05) is 21.9 Å². The highest BCUT2D eigenvalue weighted by Crippen LogP contribution is 2.24. The molecular formula is C20H14Cl2N4O4S2. The lowest BCUT2D eigenvalue weighted by atomic mass is 10.1. The number of aromatic nitrogens is 2. The van der Waals surface area contributed by atoms with E-state index in [4.69, 9.17) is 27.9 Å². The van der Waals surface area contributed by atoms with Gasteiger partial charge in [-0.05, 0) is 35.9 Å². The number of hydrogen-bond acceptors (Lipinski definition) is 8. The number of carbonyl (C=O) groups is 1. The van der Waals surface area contributed by atoms with E-state index in [0.29, 0.717) is 32.7 Å². The fourth-order valence-electron chi connectivity index (χ4n) is 2.35. The van der Waals surface area contributed by atoms with Crippen LogP contribution in [0.25, 0.3) is 6.08 Å². The lowest BCUT2D eigenvalue weighted by Crippen LogP contribution is -2.13. The van der Waals surface area contributed by atoms with Crippen LogP contribution < -0.4 is 10.1 Å². The van der Waals surface area contributed by atoms with Crippen LogP contribution in [0.15, 0.2) is 52.4 Å². The number of nitriles is 1. The molecule has 0 saturated heterocycles. The zero-order valence-electron chi connectivity index (χ0n) is 16.4. The number of benzene rings is 2. The molecular weight excluding hydrogens is 495 g/mol. The standard InChI is InChI=1S/C20H14Cl2N4O4S2/c1-32(28,29)20-26-25-19(31-20)24-18(27)14(10-23)8-12-2-6-16(7-3-12)30-11-13-4-5-15(21)9-17(13)22/h2-9H,11H2,1H3,(H,24,25,27)/b14-8-. The van der Waals surface area contributed by atoms with E-state index >= 15 is 0 Å². The van der Waals surface area contributed by atoms with Gasteiger partial charge < -0.3 is 4.74 Å². The Labute approximate surface area is 198 Å². The van der Waals surface area contributed by atoms with Gasteiger partial charge in [0.2, 0.25) is 19.3 Å². The van der Waals surface area contributed by atoms with Crippen molar-refractivity contribution < 1.29 is 17.9 Å². The number of rotatable bonds is 7. The van der Waals surface area contributed by atoms with Crippen LogP contribution in [0.5, 0.6) is 5.75 Å². The average molecular weight is 509 g/mol. The third-order valence-electron chi connectivity index (χ3n) is 3.91. The van der Waals surface area contributed by atoms with E-state index in [0.717, 1.165) is 11.8 Å². The highest BCUT2D eigenvalue weighted by molar-refractivity contribution is 7.92. The third-order valence-corrected chi connectivity index (χ3v) is 7.00. The molecule has 0 fully saturated rings. The van der Waals surface area contributed by atoms with Crippen molar-refractivity contribution in [2.24, 2.45) is 0 Å². The summed E-state index contributed by atoms with van der Waals surface area (Å²) in [6.45, 7) is 0.244. The van der Waals surface area contributed by atoms with Gasteiger partial charge in [-0.15, -0.1) is 10.2 Å². The number of nitrogens with one attached hydrogen (secondary N) is 1. The molecule has 0 saturated carbocycles. The van der Waals surface area contributed by atoms with Crippen LogP contribution in [-0.4, -0.2) is 30.8 Å². The van der Waals surface area contributed by atoms with Crippen molar-refractivity contribution in [2.45, 2.75) is 10.9 Å². The first-order valence-electron chi connectivity index (χ1n) is 8.79. The van der Waals surface area contributed by atoms with E-state index in [9.17, 15) is 18.5 Å². The van der Waals surface area contributed by atoms with Crippen molar-refractivity contribution in [2.75, 3.05) is 11.6 Å². The number of anilines is 1. The normalized spacial score (nSPS) is 11.6. The molecule has 0 radical (unpaired) electrons. The van der Waals surface area contributed by atoms with Crippen molar-refractivity contribution in [1.82, 2.24) is 10.2 Å². The number of carbonyl (C=O) groups excluding carboxylic acids is 1. The van der Waals surface area contributed by atoms with E-state index in [1.807, 2.05) is 6.07 Å². The van der Waals surface area contributed by atoms with Gasteiger partial charge in [-0.3, -0.25) is 10.1 Å². The minimum Gasteiger partial charge on any atom is -0.489 e. The predicted octanol–water partition coefficient (Wildman–Crippen LogP) is 4.37. The molecule has 32 heavy (non-hydrogen) atoms. The summed E-state index contributed by atoms with van der Waals surface area (Å²) in [5.41, 5.74) is 1.17. The Bertz CT molecular complexity index is 1330. The maximum absolute atomic E-state index is 12.3. The molecule has 164 valence electrons. The Kier molecular flexibility index (Phi) is 7.48. The van der Waals surface area contributed by atoms with Crippen molar-refractivity contribution in [1.29, 1.82) is 5.26 Å². The summed E-state index contributed by atoms with van der Waals surface area (Å²) in [7, 11) is -3.53. The number of sulfone groups is 1. The van der Waals surface area contributed by atoms with Crippen molar-refractivity contribution in [3.63, 3.8) is 0 Å². The second kappa shape index (κ2) is 10.1. The molecule has 0 aliphatic heterocycles. The smallest absolute Gasteiger partial charge is 0.268 e. The summed E-state index contributed by atoms with van der Waals surface area (Å²) in [5, 5.41) is 19.8. The fourth-order valence-corrected chi connectivity index (χ4v) is 4.32. The van der Waals surface area contributed by atoms with Crippen LogP contribution in [0.4, 0.5) is 5.13 Å². The van der Waals surface area contributed by atoms with Crippen molar-refractivity contribution >= 4 is 61.5 Å². The summed E-state index contributed by atoms with van der Waals surface area (Å²) >= 11 is 12.7. The quantitative estimate of drug-likeness (QED) is 0.285. The molecule has 0 spiro atoms. The van der Waals surface area contributed by atoms with E-state index in [1.54, 1.807) is 42.5 Å². The summed E-state index contributed by atoms with van der Waals surface area (Å²) in [6, 6.07) is 13.7. The average Bonchev–Trinajstić information content (AvgIpc) is 3.21. The number of hydrogen-bond donors (Lipinski definition) is 1. The zero-order chi connectivity index (χ0) is 23.3. The molecule has 0 aliphatic carbocycles. The fraction of sp³-hybridized carbons (Fsp3) is 0.100. The van der Waals surface area contributed by atoms with Gasteiger partial charge >= 0.3 is 0 Å². The van der Waals surface area contributed by atoms with Gasteiger partial charge in [-0.25, -0.2) is 8.42 Å². The first kappa shape index (κ1) is 23.7. The third kappa shape index (κ3) is 6.27. The summed E-state index contributed by atoms with van der Waals surface area (Å²) in [6.07, 6.45) is 2.37. The SMILES string of the molecule is CS(=O)(=O)c1nnc(NC(=O)/C(C#N)=C\c2ccc(OCc3ccc(Cl)cc3Cl)cc2)s1. The largest absolute Gasteiger partial charge is 0.489 e. The Morgan fingerprint density at radius 3 is 2.53 bits per heavy atom. The topological polar surface area (TPSA) is 122 Å². The van der Waals surface area contributed by atoms with E-state index in [-0.39, 0.29) is 21.7 Å². The monoisotopic (exact) mass is 508 g/mol.